The molecule has 5 heteroatoms. The van der Waals surface area contributed by atoms with Gasteiger partial charge in [0.15, 0.2) is 0 Å². The number of nitrogens with zero attached hydrogens (tertiary/aromatic N) is 1. The molecule has 0 saturated heterocycles. The molecule has 0 aliphatic heterocycles. The molecule has 2 rings (SSSR count). The van der Waals surface area contributed by atoms with Crippen molar-refractivity contribution in [2.45, 2.75) is 45.4 Å². The van der Waals surface area contributed by atoms with Crippen molar-refractivity contribution in [1.82, 2.24) is 10.3 Å². The van der Waals surface area contributed by atoms with Gasteiger partial charge in [-0.05, 0) is 31.2 Å². The summed E-state index contributed by atoms with van der Waals surface area (Å²) in [6.07, 6.45) is 7.16. The first-order chi connectivity index (χ1) is 9.72. The van der Waals surface area contributed by atoms with Gasteiger partial charge in [-0.3, -0.25) is 4.79 Å². The molecule has 1 amide bonds. The number of aromatic nitrogens is 1. The minimum atomic E-state index is -0.0397. The van der Waals surface area contributed by atoms with Crippen LogP contribution in [0.1, 0.15) is 54.5 Å². The third kappa shape index (κ3) is 4.28. The second-order valence-corrected chi connectivity index (χ2v) is 6.61. The molecule has 0 radical (unpaired) electrons. The Bertz CT molecular complexity index is 425. The summed E-state index contributed by atoms with van der Waals surface area (Å²) < 4.78 is 0. The molecule has 1 aromatic heterocycles. The average molecular weight is 295 g/mol. The lowest BCUT2D eigenvalue weighted by Gasteiger charge is -2.27. The van der Waals surface area contributed by atoms with Gasteiger partial charge in [-0.25, -0.2) is 4.98 Å². The fourth-order valence-corrected chi connectivity index (χ4v) is 3.62. The molecule has 3 N–H and O–H groups in total. The van der Waals surface area contributed by atoms with Crippen LogP contribution in [0.5, 0.6) is 0 Å². The van der Waals surface area contributed by atoms with Gasteiger partial charge >= 0.3 is 0 Å². The first-order valence-corrected chi connectivity index (χ1v) is 8.53. The number of rotatable bonds is 6. The lowest BCUT2D eigenvalue weighted by atomic mass is 9.81. The fraction of sp³-hybridized carbons (Fsp3) is 0.733. The summed E-state index contributed by atoms with van der Waals surface area (Å²) in [6.45, 7) is 3.64. The van der Waals surface area contributed by atoms with E-state index in [2.05, 4.69) is 17.2 Å². The summed E-state index contributed by atoms with van der Waals surface area (Å²) in [6, 6.07) is 0. The molecule has 1 aromatic rings. The van der Waals surface area contributed by atoms with E-state index in [9.17, 15) is 4.79 Å². The Morgan fingerprint density at radius 2 is 2.10 bits per heavy atom. The van der Waals surface area contributed by atoms with Crippen LogP contribution < -0.4 is 11.1 Å². The zero-order chi connectivity index (χ0) is 14.4. The Morgan fingerprint density at radius 3 is 2.75 bits per heavy atom. The second kappa shape index (κ2) is 7.74. The number of hydrogen-bond donors (Lipinski definition) is 2. The third-order valence-electron chi connectivity index (χ3n) is 4.24. The topological polar surface area (TPSA) is 68.0 Å². The summed E-state index contributed by atoms with van der Waals surface area (Å²) in [5.74, 6) is 1.50. The van der Waals surface area contributed by atoms with E-state index >= 15 is 0 Å². The van der Waals surface area contributed by atoms with Crippen LogP contribution in [0.3, 0.4) is 0 Å². The highest BCUT2D eigenvalue weighted by Gasteiger charge is 2.20. The van der Waals surface area contributed by atoms with Gasteiger partial charge in [0, 0.05) is 18.3 Å². The van der Waals surface area contributed by atoms with Crippen molar-refractivity contribution in [3.05, 3.63) is 16.1 Å². The molecular formula is C15H25N3OS. The van der Waals surface area contributed by atoms with Gasteiger partial charge in [-0.2, -0.15) is 0 Å². The number of nitrogens with two attached hydrogens (primary N) is 1. The van der Waals surface area contributed by atoms with Crippen molar-refractivity contribution in [2.75, 3.05) is 13.1 Å². The number of carbonyl (C=O) groups excluding carboxylic acids is 1. The molecule has 1 aliphatic carbocycles. The molecule has 1 aliphatic rings. The van der Waals surface area contributed by atoms with E-state index in [1.54, 1.807) is 0 Å². The van der Waals surface area contributed by atoms with Gasteiger partial charge in [0.1, 0.15) is 5.69 Å². The molecular weight excluding hydrogens is 270 g/mol. The van der Waals surface area contributed by atoms with Crippen molar-refractivity contribution in [3.63, 3.8) is 0 Å². The summed E-state index contributed by atoms with van der Waals surface area (Å²) in [7, 11) is 0. The maximum atomic E-state index is 12.0. The molecule has 112 valence electrons. The third-order valence-corrected chi connectivity index (χ3v) is 5.15. The number of nitrogens with one attached hydrogen (secondary N) is 1. The predicted octanol–water partition coefficient (Wildman–Crippen LogP) is 2.59. The van der Waals surface area contributed by atoms with E-state index in [0.717, 1.165) is 23.9 Å². The van der Waals surface area contributed by atoms with Gasteiger partial charge in [-0.15, -0.1) is 11.3 Å². The first-order valence-electron chi connectivity index (χ1n) is 7.65. The molecule has 20 heavy (non-hydrogen) atoms. The van der Waals surface area contributed by atoms with Crippen molar-refractivity contribution in [2.24, 2.45) is 17.6 Å². The van der Waals surface area contributed by atoms with Crippen LogP contribution in [0.4, 0.5) is 0 Å². The van der Waals surface area contributed by atoms with Crippen LogP contribution in [0.25, 0.3) is 0 Å². The summed E-state index contributed by atoms with van der Waals surface area (Å²) in [4.78, 5) is 16.3. The number of amides is 1. The zero-order valence-corrected chi connectivity index (χ0v) is 13.0. The lowest BCUT2D eigenvalue weighted by molar-refractivity contribution is 0.0936. The fourth-order valence-electron chi connectivity index (χ4n) is 2.82. The largest absolute Gasteiger partial charge is 0.350 e. The van der Waals surface area contributed by atoms with Crippen LogP contribution in [0.15, 0.2) is 5.38 Å². The van der Waals surface area contributed by atoms with Crippen molar-refractivity contribution < 1.29 is 4.79 Å². The number of carbonyl (C=O) groups is 1. The van der Waals surface area contributed by atoms with E-state index in [0.29, 0.717) is 18.2 Å². The molecule has 1 saturated carbocycles. The molecule has 0 atom stereocenters. The minimum Gasteiger partial charge on any atom is -0.350 e. The van der Waals surface area contributed by atoms with E-state index in [1.165, 1.54) is 43.4 Å². The van der Waals surface area contributed by atoms with Crippen LogP contribution in [0.2, 0.25) is 0 Å². The van der Waals surface area contributed by atoms with Crippen molar-refractivity contribution >= 4 is 17.2 Å². The van der Waals surface area contributed by atoms with Gasteiger partial charge < -0.3 is 11.1 Å². The van der Waals surface area contributed by atoms with Crippen LogP contribution in [-0.4, -0.2) is 24.0 Å². The van der Waals surface area contributed by atoms with Crippen LogP contribution in [0, 0.1) is 11.8 Å². The molecule has 1 fully saturated rings. The highest BCUT2D eigenvalue weighted by Crippen LogP contribution is 2.30. The van der Waals surface area contributed by atoms with Gasteiger partial charge in [0.05, 0.1) is 5.01 Å². The Morgan fingerprint density at radius 1 is 1.40 bits per heavy atom. The monoisotopic (exact) mass is 295 g/mol. The van der Waals surface area contributed by atoms with Crippen molar-refractivity contribution in [1.29, 1.82) is 0 Å². The van der Waals surface area contributed by atoms with Gasteiger partial charge in [0.25, 0.3) is 5.91 Å². The Kier molecular flexibility index (Phi) is 5.98. The summed E-state index contributed by atoms with van der Waals surface area (Å²) in [5.41, 5.74) is 6.03. The average Bonchev–Trinajstić information content (AvgIpc) is 2.94. The highest BCUT2D eigenvalue weighted by atomic mass is 32.1. The maximum Gasteiger partial charge on any atom is 0.270 e. The summed E-state index contributed by atoms with van der Waals surface area (Å²) in [5, 5.41) is 5.80. The Hall–Kier alpha value is -0.940. The standard InChI is InChI=1S/C15H25N3OS/c1-2-11-3-5-12(6-4-11)9-17-15(19)13-10-20-14(18-13)7-8-16/h10-12H,2-9,16H2,1H3,(H,17,19). The Balaban J connectivity index is 1.74. The van der Waals surface area contributed by atoms with Crippen LogP contribution >= 0.6 is 11.3 Å². The zero-order valence-electron chi connectivity index (χ0n) is 12.2. The van der Waals surface area contributed by atoms with E-state index < -0.39 is 0 Å². The number of hydrogen-bond acceptors (Lipinski definition) is 4. The predicted molar refractivity (Wildman–Crippen MR) is 82.9 cm³/mol. The van der Waals surface area contributed by atoms with Crippen LogP contribution in [-0.2, 0) is 6.42 Å². The second-order valence-electron chi connectivity index (χ2n) is 5.67. The molecule has 0 bridgehead atoms. The van der Waals surface area contributed by atoms with E-state index in [4.69, 9.17) is 5.73 Å². The van der Waals surface area contributed by atoms with Gasteiger partial charge in [-0.1, -0.05) is 26.2 Å². The Labute approximate surface area is 125 Å². The number of thiazole rings is 1. The highest BCUT2D eigenvalue weighted by molar-refractivity contribution is 7.09. The van der Waals surface area contributed by atoms with Gasteiger partial charge in [0.2, 0.25) is 0 Å². The molecule has 1 heterocycles. The minimum absolute atomic E-state index is 0.0397. The normalized spacial score (nSPS) is 22.7. The molecule has 0 spiro atoms. The van der Waals surface area contributed by atoms with E-state index in [1.807, 2.05) is 5.38 Å². The lowest BCUT2D eigenvalue weighted by Crippen LogP contribution is -2.31. The quantitative estimate of drug-likeness (QED) is 0.847. The van der Waals surface area contributed by atoms with Crippen molar-refractivity contribution in [3.8, 4) is 0 Å². The molecule has 0 unspecified atom stereocenters. The first kappa shape index (κ1) is 15.4. The molecule has 4 nitrogen and oxygen atoms in total. The smallest absolute Gasteiger partial charge is 0.270 e. The maximum absolute atomic E-state index is 12.0. The molecule has 0 aromatic carbocycles. The van der Waals surface area contributed by atoms with E-state index in [-0.39, 0.29) is 5.91 Å². The SMILES string of the molecule is CCC1CCC(CNC(=O)c2csc(CCN)n2)CC1. The summed E-state index contributed by atoms with van der Waals surface area (Å²) >= 11 is 1.52.